The van der Waals surface area contributed by atoms with E-state index in [0.29, 0.717) is 36.1 Å². The summed E-state index contributed by atoms with van der Waals surface area (Å²) in [6.07, 6.45) is 52.2. The van der Waals surface area contributed by atoms with Crippen LogP contribution in [0.25, 0.3) is 58.7 Å². The average molecular weight is 1280 g/mol. The SMILES string of the molecule is CCCCCCCCCCCCC(CCCCCCCCCC)CN1C(=O)C2=C(c3cc4sc(-c5cc6sc7ccsc7c6s5)cc4s3)N(CC(CCCCCCCCCC)CCCCCCCCCCCC)C(=O)C2=C1c1cc2sccc2s1. The van der Waals surface area contributed by atoms with E-state index < -0.39 is 0 Å². The third-order valence-corrected chi connectivity index (χ3v) is 26.9. The molecule has 0 fully saturated rings. The largest absolute Gasteiger partial charge is 0.306 e. The number of nitrogens with zero attached hydrogens (tertiary/aromatic N) is 2. The first-order valence-corrected chi connectivity index (χ1v) is 40.8. The van der Waals surface area contributed by atoms with Crippen LogP contribution in [0.3, 0.4) is 0 Å². The Bertz CT molecular complexity index is 3080. The average Bonchev–Trinajstić information content (AvgIpc) is 1.60. The van der Waals surface area contributed by atoms with Crippen LogP contribution in [0.1, 0.15) is 294 Å². The Morgan fingerprint density at radius 3 is 1.07 bits per heavy atom. The van der Waals surface area contributed by atoms with Crippen molar-refractivity contribution in [1.82, 2.24) is 9.80 Å². The molecule has 9 heterocycles. The van der Waals surface area contributed by atoms with Gasteiger partial charge in [-0.25, -0.2) is 0 Å². The van der Waals surface area contributed by atoms with E-state index in [1.807, 2.05) is 56.7 Å². The lowest BCUT2D eigenvalue weighted by atomic mass is 9.93. The number of amides is 2. The topological polar surface area (TPSA) is 40.6 Å². The molecule has 2 atom stereocenters. The Morgan fingerprint density at radius 2 is 0.647 bits per heavy atom. The predicted molar refractivity (Wildman–Crippen MR) is 385 cm³/mol. The normalized spacial score (nSPS) is 14.7. The fraction of sp³-hybridized carbons (Fsp3) is 0.649. The number of hydrogen-bond donors (Lipinski definition) is 0. The van der Waals surface area contributed by atoms with Gasteiger partial charge in [-0.3, -0.25) is 9.59 Å². The highest BCUT2D eigenvalue weighted by molar-refractivity contribution is 7.40. The first kappa shape index (κ1) is 66.8. The van der Waals surface area contributed by atoms with E-state index in [2.05, 4.69) is 84.7 Å². The first-order chi connectivity index (χ1) is 41.9. The molecular weight excluding hydrogens is 1170 g/mol. The minimum atomic E-state index is 0.0712. The molecule has 0 N–H and O–H groups in total. The van der Waals surface area contributed by atoms with Gasteiger partial charge in [0, 0.05) is 51.0 Å². The Kier molecular flexibility index (Phi) is 28.5. The van der Waals surface area contributed by atoms with Gasteiger partial charge >= 0.3 is 0 Å². The Morgan fingerprint density at radius 1 is 0.318 bits per heavy atom. The van der Waals surface area contributed by atoms with Crippen LogP contribution in [0.5, 0.6) is 0 Å². The monoisotopic (exact) mass is 1280 g/mol. The molecule has 2 amide bonds. The van der Waals surface area contributed by atoms with Crippen molar-refractivity contribution in [2.45, 2.75) is 285 Å². The second-order valence-corrected chi connectivity index (χ2v) is 33.0. The molecule has 0 radical (unpaired) electrons. The van der Waals surface area contributed by atoms with Gasteiger partial charge in [-0.15, -0.1) is 79.4 Å². The summed E-state index contributed by atoms with van der Waals surface area (Å²) in [4.78, 5) is 41.5. The molecule has 0 saturated heterocycles. The second-order valence-electron chi connectivity index (χ2n) is 25.7. The van der Waals surface area contributed by atoms with Gasteiger partial charge < -0.3 is 9.80 Å². The predicted octanol–water partition coefficient (Wildman–Crippen LogP) is 27.1. The number of carbonyl (C=O) groups is 2. The van der Waals surface area contributed by atoms with Gasteiger partial charge in [0.2, 0.25) is 0 Å². The molecule has 2 unspecified atom stereocenters. The molecule has 0 aliphatic carbocycles. The van der Waals surface area contributed by atoms with E-state index in [4.69, 9.17) is 0 Å². The molecule has 11 heteroatoms. The minimum Gasteiger partial charge on any atom is -0.306 e. The van der Waals surface area contributed by atoms with Gasteiger partial charge in [0.05, 0.1) is 41.7 Å². The number of carbonyl (C=O) groups excluding carboxylic acids is 2. The van der Waals surface area contributed by atoms with Crippen LogP contribution in [0, 0.1) is 11.8 Å². The highest BCUT2D eigenvalue weighted by Crippen LogP contribution is 2.53. The van der Waals surface area contributed by atoms with Crippen LogP contribution >= 0.6 is 79.4 Å². The van der Waals surface area contributed by atoms with Crippen molar-refractivity contribution in [3.05, 3.63) is 68.1 Å². The zero-order chi connectivity index (χ0) is 59.0. The quantitative estimate of drug-likeness (QED) is 0.0357. The molecule has 0 spiro atoms. The molecule has 2 aliphatic rings. The number of unbranched alkanes of at least 4 members (excludes halogenated alkanes) is 32. The number of rotatable bonds is 47. The summed E-state index contributed by atoms with van der Waals surface area (Å²) in [7, 11) is 0. The van der Waals surface area contributed by atoms with E-state index in [9.17, 15) is 0 Å². The fourth-order valence-corrected chi connectivity index (χ4v) is 22.2. The van der Waals surface area contributed by atoms with Crippen molar-refractivity contribution in [2.24, 2.45) is 11.8 Å². The Balaban J connectivity index is 1.02. The van der Waals surface area contributed by atoms with Gasteiger partial charge in [-0.05, 0) is 84.7 Å². The van der Waals surface area contributed by atoms with Crippen molar-refractivity contribution in [2.75, 3.05) is 13.1 Å². The molecule has 9 rings (SSSR count). The van der Waals surface area contributed by atoms with E-state index in [1.54, 1.807) is 22.7 Å². The van der Waals surface area contributed by atoms with Crippen molar-refractivity contribution < 1.29 is 9.59 Å². The van der Waals surface area contributed by atoms with Gasteiger partial charge in [-0.1, -0.05) is 259 Å². The molecule has 0 bridgehead atoms. The molecule has 85 heavy (non-hydrogen) atoms. The number of hydrogen-bond acceptors (Lipinski definition) is 9. The molecular formula is C74H106N2O2S7. The molecule has 466 valence electrons. The van der Waals surface area contributed by atoms with Crippen molar-refractivity contribution in [3.8, 4) is 9.75 Å². The maximum atomic E-state index is 16.2. The van der Waals surface area contributed by atoms with E-state index in [1.165, 1.54) is 279 Å². The van der Waals surface area contributed by atoms with Gasteiger partial charge in [0.1, 0.15) is 0 Å². The Labute approximate surface area is 542 Å². The van der Waals surface area contributed by atoms with Crippen LogP contribution in [-0.2, 0) is 9.59 Å². The lowest BCUT2D eigenvalue weighted by Gasteiger charge is -2.29. The molecule has 7 aromatic heterocycles. The maximum absolute atomic E-state index is 16.2. The molecule has 4 nitrogen and oxygen atoms in total. The highest BCUT2D eigenvalue weighted by Gasteiger charge is 2.50. The molecule has 7 aromatic rings. The summed E-state index contributed by atoms with van der Waals surface area (Å²) in [6, 6.07) is 14.0. The maximum Gasteiger partial charge on any atom is 0.261 e. The van der Waals surface area contributed by atoms with Crippen LogP contribution in [0.15, 0.2) is 58.3 Å². The standard InChI is InChI=1S/C74H106N2O2S7/c1-5-9-13-17-21-25-27-31-35-39-43-55(41-37-33-29-23-19-15-11-7-3)53-75-69(64-49-59-57(81-64)45-47-79-59)67-68(74(75)78)70(65-51-62-60(84-65)50-61(83-62)63-52-66-72(85-63)71-58(82-66)46-48-80-71)76(73(67)77)54-56(42-38-34-30-24-20-16-12-8-4)44-40-36-32-28-26-22-18-14-10-6-2/h45-52,55-56H,5-44,53-54H2,1-4H3. The summed E-state index contributed by atoms with van der Waals surface area (Å²) in [5.74, 6) is 0.931. The van der Waals surface area contributed by atoms with E-state index in [0.717, 1.165) is 46.8 Å². The zero-order valence-electron chi connectivity index (χ0n) is 53.0. The van der Waals surface area contributed by atoms with E-state index in [-0.39, 0.29) is 11.8 Å². The zero-order valence-corrected chi connectivity index (χ0v) is 58.8. The first-order valence-electron chi connectivity index (χ1n) is 34.9. The second kappa shape index (κ2) is 36.3. The van der Waals surface area contributed by atoms with Crippen molar-refractivity contribution >= 4 is 140 Å². The van der Waals surface area contributed by atoms with Crippen LogP contribution < -0.4 is 0 Å². The minimum absolute atomic E-state index is 0.0712. The van der Waals surface area contributed by atoms with Gasteiger partial charge in [-0.2, -0.15) is 0 Å². The third-order valence-electron chi connectivity index (χ3n) is 18.7. The van der Waals surface area contributed by atoms with Crippen LogP contribution in [0.4, 0.5) is 0 Å². The highest BCUT2D eigenvalue weighted by atomic mass is 32.1. The number of thiophene rings is 7. The van der Waals surface area contributed by atoms with Crippen LogP contribution in [0.2, 0.25) is 0 Å². The summed E-state index contributed by atoms with van der Waals surface area (Å²) in [6.45, 7) is 10.6. The molecule has 0 aromatic carbocycles. The smallest absolute Gasteiger partial charge is 0.261 e. The lowest BCUT2D eigenvalue weighted by molar-refractivity contribution is -0.124. The summed E-state index contributed by atoms with van der Waals surface area (Å²) >= 11 is 13.0. The Hall–Kier alpha value is -2.64. The van der Waals surface area contributed by atoms with Crippen molar-refractivity contribution in [1.29, 1.82) is 0 Å². The summed E-state index contributed by atoms with van der Waals surface area (Å²) < 4.78 is 10.6. The van der Waals surface area contributed by atoms with Crippen LogP contribution in [-0.4, -0.2) is 34.7 Å². The lowest BCUT2D eigenvalue weighted by Crippen LogP contribution is -2.34. The fourth-order valence-electron chi connectivity index (χ4n) is 13.7. The number of fused-ring (bicyclic) bond motifs is 6. The molecule has 2 aliphatic heterocycles. The summed E-state index contributed by atoms with van der Waals surface area (Å²) in [5, 5.41) is 4.42. The summed E-state index contributed by atoms with van der Waals surface area (Å²) in [5.41, 5.74) is 3.21. The molecule has 0 saturated carbocycles. The third kappa shape index (κ3) is 18.7. The van der Waals surface area contributed by atoms with Gasteiger partial charge in [0.15, 0.2) is 0 Å². The van der Waals surface area contributed by atoms with Gasteiger partial charge in [0.25, 0.3) is 11.8 Å². The van der Waals surface area contributed by atoms with E-state index >= 15 is 9.59 Å². The van der Waals surface area contributed by atoms with Crippen molar-refractivity contribution in [3.63, 3.8) is 0 Å².